The van der Waals surface area contributed by atoms with E-state index in [0.717, 1.165) is 24.3 Å². The molecular weight excluding hydrogens is 347 g/mol. The van der Waals surface area contributed by atoms with Crippen LogP contribution in [-0.4, -0.2) is 0 Å². The van der Waals surface area contributed by atoms with E-state index in [0.29, 0.717) is 11.1 Å². The standard InChI is InChI=1S/C21H15F5/c1-10-6-16(23)20(17(24)7-10)14-9-18(25)19(21(26)12(14)3)13-5-4-11(2)15(22)8-13/h4-9H,1-3H3. The molecule has 0 atom stereocenters. The third-order valence-corrected chi connectivity index (χ3v) is 4.38. The van der Waals surface area contributed by atoms with Crippen molar-refractivity contribution in [2.75, 3.05) is 0 Å². The van der Waals surface area contributed by atoms with Crippen molar-refractivity contribution >= 4 is 0 Å². The van der Waals surface area contributed by atoms with Gasteiger partial charge in [0.15, 0.2) is 0 Å². The van der Waals surface area contributed by atoms with Crippen LogP contribution in [0.4, 0.5) is 22.0 Å². The fraction of sp³-hybridized carbons (Fsp3) is 0.143. The summed E-state index contributed by atoms with van der Waals surface area (Å²) in [6.07, 6.45) is 0. The van der Waals surface area contributed by atoms with Crippen molar-refractivity contribution in [1.29, 1.82) is 0 Å². The Morgan fingerprint density at radius 1 is 0.615 bits per heavy atom. The molecule has 0 N–H and O–H groups in total. The molecule has 0 aliphatic rings. The van der Waals surface area contributed by atoms with Gasteiger partial charge in [0.25, 0.3) is 0 Å². The van der Waals surface area contributed by atoms with Crippen molar-refractivity contribution in [1.82, 2.24) is 0 Å². The Bertz CT molecular complexity index is 998. The van der Waals surface area contributed by atoms with Crippen molar-refractivity contribution in [3.63, 3.8) is 0 Å². The van der Waals surface area contributed by atoms with Crippen LogP contribution in [0.25, 0.3) is 22.3 Å². The van der Waals surface area contributed by atoms with Crippen molar-refractivity contribution in [2.45, 2.75) is 20.8 Å². The minimum atomic E-state index is -1.02. The van der Waals surface area contributed by atoms with Gasteiger partial charge in [0.1, 0.15) is 29.1 Å². The summed E-state index contributed by atoms with van der Waals surface area (Å²) < 4.78 is 71.7. The summed E-state index contributed by atoms with van der Waals surface area (Å²) in [6, 6.07) is 6.90. The van der Waals surface area contributed by atoms with E-state index in [-0.39, 0.29) is 16.7 Å². The Morgan fingerprint density at radius 2 is 1.19 bits per heavy atom. The Balaban J connectivity index is 2.26. The fourth-order valence-corrected chi connectivity index (χ4v) is 2.95. The Kier molecular flexibility index (Phi) is 4.57. The SMILES string of the molecule is Cc1cc(F)c(-c2cc(F)c(-c3ccc(C)c(F)c3)c(F)c2C)c(F)c1. The van der Waals surface area contributed by atoms with Crippen molar-refractivity contribution in [3.05, 3.63) is 82.2 Å². The highest BCUT2D eigenvalue weighted by molar-refractivity contribution is 5.75. The molecule has 0 spiro atoms. The van der Waals surface area contributed by atoms with Crippen LogP contribution in [0.5, 0.6) is 0 Å². The molecule has 0 unspecified atom stereocenters. The lowest BCUT2D eigenvalue weighted by Gasteiger charge is -2.15. The first-order valence-corrected chi connectivity index (χ1v) is 7.91. The van der Waals surface area contributed by atoms with E-state index in [1.54, 1.807) is 0 Å². The molecule has 0 aromatic heterocycles. The van der Waals surface area contributed by atoms with Gasteiger partial charge in [0.05, 0.1) is 11.1 Å². The molecular formula is C21H15F5. The third-order valence-electron chi connectivity index (χ3n) is 4.38. The van der Waals surface area contributed by atoms with Crippen LogP contribution in [0.1, 0.15) is 16.7 Å². The monoisotopic (exact) mass is 362 g/mol. The molecule has 0 radical (unpaired) electrons. The summed E-state index contributed by atoms with van der Waals surface area (Å²) in [5, 5.41) is 0. The summed E-state index contributed by atoms with van der Waals surface area (Å²) in [6.45, 7) is 4.35. The third kappa shape index (κ3) is 2.98. The van der Waals surface area contributed by atoms with Crippen LogP contribution < -0.4 is 0 Å². The zero-order chi connectivity index (χ0) is 19.2. The molecule has 0 saturated heterocycles. The number of hydrogen-bond donors (Lipinski definition) is 0. The lowest BCUT2D eigenvalue weighted by atomic mass is 9.93. The smallest absolute Gasteiger partial charge is 0.137 e. The molecule has 0 fully saturated rings. The highest BCUT2D eigenvalue weighted by Gasteiger charge is 2.22. The largest absolute Gasteiger partial charge is 0.207 e. The first-order valence-electron chi connectivity index (χ1n) is 7.91. The van der Waals surface area contributed by atoms with Gasteiger partial charge in [0.2, 0.25) is 0 Å². The molecule has 0 aliphatic carbocycles. The second-order valence-electron chi connectivity index (χ2n) is 6.29. The zero-order valence-electron chi connectivity index (χ0n) is 14.4. The van der Waals surface area contributed by atoms with Gasteiger partial charge in [-0.25, -0.2) is 22.0 Å². The maximum atomic E-state index is 14.9. The summed E-state index contributed by atoms with van der Waals surface area (Å²) in [7, 11) is 0. The maximum Gasteiger partial charge on any atom is 0.137 e. The van der Waals surface area contributed by atoms with E-state index in [4.69, 9.17) is 0 Å². The highest BCUT2D eigenvalue weighted by atomic mass is 19.1. The minimum absolute atomic E-state index is 0.0163. The van der Waals surface area contributed by atoms with E-state index in [2.05, 4.69) is 0 Å². The van der Waals surface area contributed by atoms with Crippen LogP contribution in [0, 0.1) is 49.9 Å². The molecule has 26 heavy (non-hydrogen) atoms. The average molecular weight is 362 g/mol. The molecule has 134 valence electrons. The van der Waals surface area contributed by atoms with Crippen LogP contribution in [0.2, 0.25) is 0 Å². The molecule has 0 nitrogen and oxygen atoms in total. The maximum absolute atomic E-state index is 14.9. The Morgan fingerprint density at radius 3 is 1.77 bits per heavy atom. The summed E-state index contributed by atoms with van der Waals surface area (Å²) in [5.41, 5.74) is -0.551. The average Bonchev–Trinajstić information content (AvgIpc) is 2.54. The van der Waals surface area contributed by atoms with Gasteiger partial charge < -0.3 is 0 Å². The van der Waals surface area contributed by atoms with Crippen molar-refractivity contribution in [3.8, 4) is 22.3 Å². The Hall–Kier alpha value is -2.69. The number of benzene rings is 3. The van der Waals surface area contributed by atoms with Crippen molar-refractivity contribution < 1.29 is 22.0 Å². The second kappa shape index (κ2) is 6.56. The quantitative estimate of drug-likeness (QED) is 0.448. The van der Waals surface area contributed by atoms with Gasteiger partial charge in [-0.3, -0.25) is 0 Å². The molecule has 5 heteroatoms. The van der Waals surface area contributed by atoms with Gasteiger partial charge >= 0.3 is 0 Å². The van der Waals surface area contributed by atoms with Gasteiger partial charge in [-0.2, -0.15) is 0 Å². The molecule has 0 aliphatic heterocycles. The second-order valence-corrected chi connectivity index (χ2v) is 6.29. The number of hydrogen-bond acceptors (Lipinski definition) is 0. The first-order chi connectivity index (χ1) is 12.2. The van der Waals surface area contributed by atoms with E-state index in [9.17, 15) is 22.0 Å². The normalized spacial score (nSPS) is 11.1. The predicted molar refractivity (Wildman–Crippen MR) is 91.3 cm³/mol. The van der Waals surface area contributed by atoms with E-state index in [1.165, 1.54) is 32.9 Å². The van der Waals surface area contributed by atoms with E-state index in [1.807, 2.05) is 0 Å². The molecule has 0 amide bonds. The van der Waals surface area contributed by atoms with Gasteiger partial charge in [-0.05, 0) is 72.9 Å². The summed E-state index contributed by atoms with van der Waals surface area (Å²) in [4.78, 5) is 0. The summed E-state index contributed by atoms with van der Waals surface area (Å²) >= 11 is 0. The topological polar surface area (TPSA) is 0 Å². The highest BCUT2D eigenvalue weighted by Crippen LogP contribution is 2.37. The molecule has 0 saturated carbocycles. The molecule has 3 aromatic rings. The van der Waals surface area contributed by atoms with E-state index < -0.39 is 40.2 Å². The number of aryl methyl sites for hydroxylation is 2. The zero-order valence-corrected chi connectivity index (χ0v) is 14.4. The molecule has 3 rings (SSSR count). The number of halogens is 5. The predicted octanol–water partition coefficient (Wildman–Crippen LogP) is 6.64. The minimum Gasteiger partial charge on any atom is -0.207 e. The Labute approximate surface area is 147 Å². The summed E-state index contributed by atoms with van der Waals surface area (Å²) in [5.74, 6) is -4.41. The van der Waals surface area contributed by atoms with Crippen LogP contribution in [0.15, 0.2) is 36.4 Å². The van der Waals surface area contributed by atoms with Gasteiger partial charge in [0, 0.05) is 0 Å². The van der Waals surface area contributed by atoms with Gasteiger partial charge in [-0.15, -0.1) is 0 Å². The van der Waals surface area contributed by atoms with Crippen LogP contribution in [0.3, 0.4) is 0 Å². The molecule has 0 bridgehead atoms. The lowest BCUT2D eigenvalue weighted by Crippen LogP contribution is -2.01. The molecule has 0 heterocycles. The van der Waals surface area contributed by atoms with Gasteiger partial charge in [-0.1, -0.05) is 12.1 Å². The fourth-order valence-electron chi connectivity index (χ4n) is 2.95. The molecule has 3 aromatic carbocycles. The number of rotatable bonds is 2. The van der Waals surface area contributed by atoms with Crippen molar-refractivity contribution in [2.24, 2.45) is 0 Å². The van der Waals surface area contributed by atoms with Crippen LogP contribution >= 0.6 is 0 Å². The lowest BCUT2D eigenvalue weighted by molar-refractivity contribution is 0.576. The van der Waals surface area contributed by atoms with Crippen LogP contribution in [-0.2, 0) is 0 Å². The first kappa shape index (κ1) is 18.1. The van der Waals surface area contributed by atoms with E-state index >= 15 is 0 Å².